The van der Waals surface area contributed by atoms with Crippen LogP contribution in [0, 0.1) is 11.8 Å². The van der Waals surface area contributed by atoms with E-state index in [0.717, 1.165) is 39.8 Å². The molecule has 1 aromatic rings. The van der Waals surface area contributed by atoms with E-state index in [0.29, 0.717) is 24.0 Å². The van der Waals surface area contributed by atoms with Crippen LogP contribution in [0.1, 0.15) is 65.9 Å². The minimum atomic E-state index is -1.19. The van der Waals surface area contributed by atoms with Crippen molar-refractivity contribution in [1.29, 1.82) is 0 Å². The number of carboxylic acid groups (broad SMARTS) is 1. The predicted octanol–water partition coefficient (Wildman–Crippen LogP) is 1.97. The van der Waals surface area contributed by atoms with Crippen LogP contribution >= 0.6 is 11.3 Å². The van der Waals surface area contributed by atoms with E-state index < -0.39 is 27.3 Å². The summed E-state index contributed by atoms with van der Waals surface area (Å²) in [7, 11) is 0. The summed E-state index contributed by atoms with van der Waals surface area (Å²) in [4.78, 5) is 26.1. The number of rotatable bonds is 4. The molecule has 4 heterocycles. The monoisotopic (exact) mass is 424 g/mol. The first-order valence-electron chi connectivity index (χ1n) is 8.95. The third-order valence-corrected chi connectivity index (χ3v) is 10.8. The van der Waals surface area contributed by atoms with Crippen molar-refractivity contribution in [2.24, 2.45) is 11.8 Å². The van der Waals surface area contributed by atoms with E-state index in [9.17, 15) is 14.7 Å². The average molecular weight is 424 g/mol. The van der Waals surface area contributed by atoms with Crippen molar-refractivity contribution in [1.82, 2.24) is 0 Å². The number of thiophene rings is 1. The number of hydrogen-bond donors (Lipinski definition) is 1. The predicted molar refractivity (Wildman–Crippen MR) is 93.9 cm³/mol. The quantitative estimate of drug-likeness (QED) is 0.749. The summed E-state index contributed by atoms with van der Waals surface area (Å²) < 4.78 is 12.8. The molecule has 1 N–H and O–H groups in total. The van der Waals surface area contributed by atoms with E-state index >= 15 is 0 Å². The van der Waals surface area contributed by atoms with E-state index in [1.54, 1.807) is 0 Å². The zero-order valence-corrected chi connectivity index (χ0v) is 17.0. The summed E-state index contributed by atoms with van der Waals surface area (Å²) in [5.41, 5.74) is 0.555. The van der Waals surface area contributed by atoms with Crippen molar-refractivity contribution in [3.8, 4) is 0 Å². The molecule has 4 fully saturated rings. The molecule has 25 heavy (non-hydrogen) atoms. The Balaban J connectivity index is 1.46. The number of carbonyl (C=O) groups excluding carboxylic acids is 1. The summed E-state index contributed by atoms with van der Waals surface area (Å²) >= 11 is 0.296. The third kappa shape index (κ3) is 2.48. The fourth-order valence-electron chi connectivity index (χ4n) is 5.43. The van der Waals surface area contributed by atoms with Gasteiger partial charge in [-0.05, 0) is 0 Å². The van der Waals surface area contributed by atoms with Gasteiger partial charge >= 0.3 is 157 Å². The molecular formula is C18H21AsO5S. The Kier molecular flexibility index (Phi) is 3.73. The van der Waals surface area contributed by atoms with Crippen LogP contribution in [0.4, 0.5) is 0 Å². The van der Waals surface area contributed by atoms with Crippen molar-refractivity contribution >= 4 is 41.3 Å². The number of ether oxygens (including phenoxy) is 2. The normalized spacial score (nSPS) is 38.6. The minimum absolute atomic E-state index is 0.191. The van der Waals surface area contributed by atoms with Crippen molar-refractivity contribution in [3.05, 3.63) is 16.0 Å². The van der Waals surface area contributed by atoms with Crippen LogP contribution in [0.25, 0.3) is 0 Å². The van der Waals surface area contributed by atoms with E-state index in [1.807, 2.05) is 6.92 Å². The summed E-state index contributed by atoms with van der Waals surface area (Å²) in [5.74, 6) is 0.331. The maximum absolute atomic E-state index is 13.3. The van der Waals surface area contributed by atoms with Crippen LogP contribution in [0.2, 0.25) is 0 Å². The van der Waals surface area contributed by atoms with E-state index in [1.165, 1.54) is 17.8 Å². The first kappa shape index (κ1) is 16.5. The first-order valence-corrected chi connectivity index (χ1v) is 11.9. The zero-order chi connectivity index (χ0) is 17.3. The van der Waals surface area contributed by atoms with Crippen LogP contribution in [-0.2, 0) is 20.9 Å². The van der Waals surface area contributed by atoms with Crippen LogP contribution in [0.15, 0.2) is 0 Å². The van der Waals surface area contributed by atoms with Crippen LogP contribution in [0.3, 0.4) is 0 Å². The van der Waals surface area contributed by atoms with E-state index in [2.05, 4.69) is 0 Å². The molecule has 5 nitrogen and oxygen atoms in total. The van der Waals surface area contributed by atoms with Crippen molar-refractivity contribution < 1.29 is 24.2 Å². The van der Waals surface area contributed by atoms with Gasteiger partial charge < -0.3 is 0 Å². The molecule has 3 aliphatic heterocycles. The van der Waals surface area contributed by atoms with Gasteiger partial charge in [0.05, 0.1) is 0 Å². The molecule has 1 aromatic heterocycles. The van der Waals surface area contributed by atoms with Gasteiger partial charge in [-0.2, -0.15) is 0 Å². The SMILES string of the molecule is CC1OCc2sc([AsH]C(=O)C34CC5CC(CC(C5)O3)C4)c(C(=O)O)c21. The molecule has 0 radical (unpaired) electrons. The van der Waals surface area contributed by atoms with Crippen LogP contribution < -0.4 is 3.66 Å². The molecule has 6 rings (SSSR count). The molecule has 2 aliphatic carbocycles. The molecular weight excluding hydrogens is 403 g/mol. The Morgan fingerprint density at radius 2 is 1.96 bits per heavy atom. The number of hydrogen-bond acceptors (Lipinski definition) is 5. The number of aromatic carboxylic acids is 1. The Morgan fingerprint density at radius 3 is 2.60 bits per heavy atom. The number of carboxylic acids is 1. The summed E-state index contributed by atoms with van der Waals surface area (Å²) in [6, 6.07) is 0. The Bertz CT molecular complexity index is 734. The Hall–Kier alpha value is -0.682. The Morgan fingerprint density at radius 1 is 1.24 bits per heavy atom. The molecule has 4 unspecified atom stereocenters. The van der Waals surface area contributed by atoms with Crippen molar-refractivity contribution in [3.63, 3.8) is 0 Å². The van der Waals surface area contributed by atoms with Gasteiger partial charge in [0.1, 0.15) is 0 Å². The van der Waals surface area contributed by atoms with Gasteiger partial charge in [-0.1, -0.05) is 0 Å². The first-order chi connectivity index (χ1) is 11.9. The zero-order valence-electron chi connectivity index (χ0n) is 14.0. The molecule has 2 saturated heterocycles. The Labute approximate surface area is 156 Å². The summed E-state index contributed by atoms with van der Waals surface area (Å²) in [5, 5.41) is 9.71. The summed E-state index contributed by atoms with van der Waals surface area (Å²) in [6.45, 7) is 2.36. The molecule has 4 bridgehead atoms. The van der Waals surface area contributed by atoms with Gasteiger partial charge in [0, 0.05) is 0 Å². The van der Waals surface area contributed by atoms with Gasteiger partial charge in [-0.15, -0.1) is 0 Å². The number of carbonyl (C=O) groups is 2. The standard InChI is InChI=1S/C18H21AsO5S/c1-8-13-12(7-23-8)25-15(14(13)16(20)21)19-17(22)18-5-9-2-10(6-18)4-11(3-9)24-18/h8-11,19H,2-7H2,1H3,(H,20,21). The number of fused-ring (bicyclic) bond motifs is 1. The molecule has 2 saturated carbocycles. The van der Waals surface area contributed by atoms with E-state index in [4.69, 9.17) is 9.47 Å². The van der Waals surface area contributed by atoms with Gasteiger partial charge in [0.25, 0.3) is 0 Å². The second kappa shape index (κ2) is 5.66. The molecule has 0 amide bonds. The fourth-order valence-corrected chi connectivity index (χ4v) is 10.3. The third-order valence-electron chi connectivity index (χ3n) is 6.24. The van der Waals surface area contributed by atoms with Gasteiger partial charge in [-0.25, -0.2) is 0 Å². The topological polar surface area (TPSA) is 72.8 Å². The molecule has 0 aromatic carbocycles. The molecule has 5 aliphatic rings. The molecule has 4 atom stereocenters. The van der Waals surface area contributed by atoms with Gasteiger partial charge in [0.2, 0.25) is 0 Å². The second-order valence-corrected chi connectivity index (χ2v) is 12.3. The second-order valence-electron chi connectivity index (χ2n) is 7.94. The van der Waals surface area contributed by atoms with Crippen LogP contribution in [0.5, 0.6) is 0 Å². The van der Waals surface area contributed by atoms with Crippen molar-refractivity contribution in [2.75, 3.05) is 0 Å². The fraction of sp³-hybridized carbons (Fsp3) is 0.667. The van der Waals surface area contributed by atoms with Gasteiger partial charge in [0.15, 0.2) is 0 Å². The maximum atomic E-state index is 13.3. The molecule has 0 spiro atoms. The van der Waals surface area contributed by atoms with E-state index in [-0.39, 0.29) is 16.8 Å². The average Bonchev–Trinajstić information content (AvgIpc) is 3.05. The molecule has 134 valence electrons. The van der Waals surface area contributed by atoms with Crippen molar-refractivity contribution in [2.45, 2.75) is 63.4 Å². The van der Waals surface area contributed by atoms with Gasteiger partial charge in [-0.3, -0.25) is 0 Å². The summed E-state index contributed by atoms with van der Waals surface area (Å²) in [6.07, 6.45) is 5.23. The molecule has 7 heteroatoms. The van der Waals surface area contributed by atoms with Crippen LogP contribution in [-0.4, -0.2) is 43.1 Å².